The Morgan fingerprint density at radius 3 is 2.38 bits per heavy atom. The fourth-order valence-corrected chi connectivity index (χ4v) is 3.23. The maximum Gasteiger partial charge on any atom is 0.238 e. The van der Waals surface area contributed by atoms with Gasteiger partial charge in [0.1, 0.15) is 5.75 Å². The van der Waals surface area contributed by atoms with E-state index in [0.717, 1.165) is 42.2 Å². The van der Waals surface area contributed by atoms with Gasteiger partial charge in [-0.05, 0) is 49.1 Å². The molecule has 0 bridgehead atoms. The highest BCUT2D eigenvalue weighted by Gasteiger charge is 2.07. The molecule has 0 atom stereocenters. The summed E-state index contributed by atoms with van der Waals surface area (Å²) < 4.78 is 28.0. The predicted octanol–water partition coefficient (Wildman–Crippen LogP) is 2.30. The van der Waals surface area contributed by atoms with Crippen LogP contribution in [0.25, 0.3) is 0 Å². The molecule has 160 valence electrons. The number of benzene rings is 2. The van der Waals surface area contributed by atoms with Crippen molar-refractivity contribution in [3.05, 3.63) is 59.7 Å². The summed E-state index contributed by atoms with van der Waals surface area (Å²) >= 11 is 0. The van der Waals surface area contributed by atoms with Gasteiger partial charge < -0.3 is 15.4 Å². The second-order valence-corrected chi connectivity index (χ2v) is 7.75. The monoisotopic (exact) mass is 532 g/mol. The third-order valence-electron chi connectivity index (χ3n) is 4.15. The standard InChI is InChI=1S/C20H28N4O3S.HI/c1-3-22-20(24-15-13-17-6-4-5-7-19(17)27-2)23-14-12-16-8-10-18(11-9-16)28(21,25)26;/h4-11H,3,12-15H2,1-2H3,(H2,21,25,26)(H2,22,23,24);1H. The van der Waals surface area contributed by atoms with Gasteiger partial charge in [-0.25, -0.2) is 13.6 Å². The molecule has 2 aromatic rings. The van der Waals surface area contributed by atoms with E-state index in [0.29, 0.717) is 13.1 Å². The van der Waals surface area contributed by atoms with Crippen molar-refractivity contribution in [2.75, 3.05) is 26.7 Å². The summed E-state index contributed by atoms with van der Waals surface area (Å²) in [6.07, 6.45) is 1.53. The number of nitrogens with zero attached hydrogens (tertiary/aromatic N) is 1. The summed E-state index contributed by atoms with van der Waals surface area (Å²) in [5, 5.41) is 11.6. The molecule has 2 aromatic carbocycles. The van der Waals surface area contributed by atoms with Crippen LogP contribution in [0.2, 0.25) is 0 Å². The Kier molecular flexibility index (Phi) is 11.0. The van der Waals surface area contributed by atoms with Gasteiger partial charge in [-0.2, -0.15) is 0 Å². The molecule has 0 aliphatic carbocycles. The maximum absolute atomic E-state index is 11.3. The number of nitrogens with one attached hydrogen (secondary N) is 2. The Hall–Kier alpha value is -1.85. The summed E-state index contributed by atoms with van der Waals surface area (Å²) in [5.41, 5.74) is 2.14. The first-order valence-corrected chi connectivity index (χ1v) is 10.7. The minimum Gasteiger partial charge on any atom is -0.496 e. The number of halogens is 1. The molecule has 0 heterocycles. The van der Waals surface area contributed by atoms with E-state index in [2.05, 4.69) is 15.6 Å². The summed E-state index contributed by atoms with van der Waals surface area (Å²) in [6.45, 7) is 4.10. The van der Waals surface area contributed by atoms with Crippen LogP contribution in [0.3, 0.4) is 0 Å². The normalized spacial score (nSPS) is 11.5. The summed E-state index contributed by atoms with van der Waals surface area (Å²) in [7, 11) is -1.98. The van der Waals surface area contributed by atoms with Crippen molar-refractivity contribution in [3.63, 3.8) is 0 Å². The molecule has 0 spiro atoms. The molecular formula is C20H29IN4O3S. The SMILES string of the molecule is CCNC(=NCCc1ccccc1OC)NCCc1ccc(S(N)(=O)=O)cc1.I. The van der Waals surface area contributed by atoms with E-state index in [1.165, 1.54) is 12.1 Å². The van der Waals surface area contributed by atoms with Crippen LogP contribution in [-0.2, 0) is 22.9 Å². The van der Waals surface area contributed by atoms with E-state index in [1.807, 2.05) is 31.2 Å². The summed E-state index contributed by atoms with van der Waals surface area (Å²) in [4.78, 5) is 4.73. The molecule has 0 saturated heterocycles. The minimum atomic E-state index is -3.65. The lowest BCUT2D eigenvalue weighted by molar-refractivity contribution is 0.410. The van der Waals surface area contributed by atoms with E-state index in [4.69, 9.17) is 9.88 Å². The fourth-order valence-electron chi connectivity index (χ4n) is 2.71. The van der Waals surface area contributed by atoms with Gasteiger partial charge >= 0.3 is 0 Å². The maximum atomic E-state index is 11.3. The van der Waals surface area contributed by atoms with Crippen LogP contribution in [0.5, 0.6) is 5.75 Å². The number of sulfonamides is 1. The first-order valence-electron chi connectivity index (χ1n) is 9.20. The van der Waals surface area contributed by atoms with Crippen LogP contribution in [0, 0.1) is 0 Å². The van der Waals surface area contributed by atoms with Crippen LogP contribution in [0.15, 0.2) is 58.4 Å². The van der Waals surface area contributed by atoms with Gasteiger partial charge in [0.2, 0.25) is 10.0 Å². The Labute approximate surface area is 190 Å². The summed E-state index contributed by atoms with van der Waals surface area (Å²) in [6, 6.07) is 14.5. The Bertz CT molecular complexity index is 887. The number of para-hydroxylation sites is 1. The van der Waals surface area contributed by atoms with Gasteiger partial charge in [-0.15, -0.1) is 24.0 Å². The Morgan fingerprint density at radius 2 is 1.76 bits per heavy atom. The molecule has 0 aliphatic heterocycles. The van der Waals surface area contributed by atoms with Crippen molar-refractivity contribution in [1.29, 1.82) is 0 Å². The fraction of sp³-hybridized carbons (Fsp3) is 0.350. The molecule has 29 heavy (non-hydrogen) atoms. The van der Waals surface area contributed by atoms with Gasteiger partial charge in [-0.1, -0.05) is 30.3 Å². The predicted molar refractivity (Wildman–Crippen MR) is 128 cm³/mol. The van der Waals surface area contributed by atoms with E-state index >= 15 is 0 Å². The Morgan fingerprint density at radius 1 is 1.07 bits per heavy atom. The zero-order chi connectivity index (χ0) is 20.4. The van der Waals surface area contributed by atoms with Crippen molar-refractivity contribution in [2.45, 2.75) is 24.7 Å². The number of guanidine groups is 1. The topological polar surface area (TPSA) is 106 Å². The quantitative estimate of drug-likeness (QED) is 0.261. The second kappa shape index (κ2) is 12.7. The van der Waals surface area contributed by atoms with Crippen molar-refractivity contribution >= 4 is 40.0 Å². The highest BCUT2D eigenvalue weighted by atomic mass is 127. The van der Waals surface area contributed by atoms with Crippen molar-refractivity contribution in [2.24, 2.45) is 10.1 Å². The van der Waals surface area contributed by atoms with Gasteiger partial charge in [0.15, 0.2) is 5.96 Å². The molecule has 0 amide bonds. The van der Waals surface area contributed by atoms with Crippen LogP contribution >= 0.6 is 24.0 Å². The smallest absolute Gasteiger partial charge is 0.238 e. The molecule has 0 fully saturated rings. The molecule has 9 heteroatoms. The average Bonchev–Trinajstić information content (AvgIpc) is 2.68. The third-order valence-corrected chi connectivity index (χ3v) is 5.08. The molecule has 7 nitrogen and oxygen atoms in total. The van der Waals surface area contributed by atoms with Crippen LogP contribution in [0.1, 0.15) is 18.1 Å². The van der Waals surface area contributed by atoms with Gasteiger partial charge in [0.25, 0.3) is 0 Å². The average molecular weight is 532 g/mol. The molecule has 0 saturated carbocycles. The summed E-state index contributed by atoms with van der Waals surface area (Å²) in [5.74, 6) is 1.62. The van der Waals surface area contributed by atoms with Gasteiger partial charge in [0, 0.05) is 19.6 Å². The van der Waals surface area contributed by atoms with Gasteiger partial charge in [0.05, 0.1) is 12.0 Å². The number of hydrogen-bond acceptors (Lipinski definition) is 4. The Balaban J connectivity index is 0.00000420. The molecule has 0 unspecified atom stereocenters. The molecule has 0 radical (unpaired) electrons. The largest absolute Gasteiger partial charge is 0.496 e. The zero-order valence-electron chi connectivity index (χ0n) is 16.7. The molecular weight excluding hydrogens is 503 g/mol. The third kappa shape index (κ3) is 8.58. The number of rotatable bonds is 9. The first-order chi connectivity index (χ1) is 13.4. The van der Waals surface area contributed by atoms with Gasteiger partial charge in [-0.3, -0.25) is 4.99 Å². The number of methoxy groups -OCH3 is 1. The van der Waals surface area contributed by atoms with E-state index < -0.39 is 10.0 Å². The van der Waals surface area contributed by atoms with Crippen LogP contribution in [0.4, 0.5) is 0 Å². The number of nitrogens with two attached hydrogens (primary N) is 1. The lowest BCUT2D eigenvalue weighted by Gasteiger charge is -2.12. The highest BCUT2D eigenvalue weighted by Crippen LogP contribution is 2.17. The number of hydrogen-bond donors (Lipinski definition) is 3. The lowest BCUT2D eigenvalue weighted by atomic mass is 10.1. The van der Waals surface area contributed by atoms with Crippen molar-refractivity contribution < 1.29 is 13.2 Å². The minimum absolute atomic E-state index is 0. The van der Waals surface area contributed by atoms with E-state index in [-0.39, 0.29) is 28.9 Å². The van der Waals surface area contributed by atoms with Crippen molar-refractivity contribution in [1.82, 2.24) is 10.6 Å². The number of ether oxygens (including phenoxy) is 1. The molecule has 0 aliphatic rings. The second-order valence-electron chi connectivity index (χ2n) is 6.19. The lowest BCUT2D eigenvalue weighted by Crippen LogP contribution is -2.38. The zero-order valence-corrected chi connectivity index (χ0v) is 19.9. The van der Waals surface area contributed by atoms with Crippen LogP contribution < -0.4 is 20.5 Å². The molecule has 4 N–H and O–H groups in total. The van der Waals surface area contributed by atoms with E-state index in [9.17, 15) is 8.42 Å². The van der Waals surface area contributed by atoms with E-state index in [1.54, 1.807) is 19.2 Å². The number of primary sulfonamides is 1. The number of aliphatic imine (C=N–C) groups is 1. The first kappa shape index (κ1) is 25.2. The van der Waals surface area contributed by atoms with Crippen molar-refractivity contribution in [3.8, 4) is 5.75 Å². The highest BCUT2D eigenvalue weighted by molar-refractivity contribution is 14.0. The molecule has 0 aromatic heterocycles. The van der Waals surface area contributed by atoms with Crippen LogP contribution in [-0.4, -0.2) is 41.1 Å². The molecule has 2 rings (SSSR count).